The number of hydrogen-bond acceptors (Lipinski definition) is 3. The molecular formula is C18H28O3. The average Bonchev–Trinajstić information content (AvgIpc) is 2.74. The minimum atomic E-state index is -0.400. The summed E-state index contributed by atoms with van der Waals surface area (Å²) in [6, 6.07) is 0. The third-order valence-electron chi connectivity index (χ3n) is 4.33. The highest BCUT2D eigenvalue weighted by molar-refractivity contribution is 5.87. The molecule has 118 valence electrons. The van der Waals surface area contributed by atoms with Gasteiger partial charge in [0.1, 0.15) is 5.78 Å². The molecule has 21 heavy (non-hydrogen) atoms. The summed E-state index contributed by atoms with van der Waals surface area (Å²) >= 11 is 0. The van der Waals surface area contributed by atoms with Gasteiger partial charge in [-0.3, -0.25) is 4.79 Å². The lowest BCUT2D eigenvalue weighted by Crippen LogP contribution is -2.31. The van der Waals surface area contributed by atoms with E-state index in [0.717, 1.165) is 12.0 Å². The van der Waals surface area contributed by atoms with E-state index in [-0.39, 0.29) is 12.2 Å². The molecule has 0 radical (unpaired) electrons. The second-order valence-corrected chi connectivity index (χ2v) is 5.74. The van der Waals surface area contributed by atoms with Crippen LogP contribution in [0.5, 0.6) is 0 Å². The summed E-state index contributed by atoms with van der Waals surface area (Å²) in [4.78, 5) is 12.3. The predicted molar refractivity (Wildman–Crippen MR) is 84.7 cm³/mol. The number of rotatable bonds is 8. The highest BCUT2D eigenvalue weighted by Gasteiger charge is 2.46. The van der Waals surface area contributed by atoms with Crippen LogP contribution in [0.15, 0.2) is 12.2 Å². The van der Waals surface area contributed by atoms with E-state index in [1.165, 1.54) is 0 Å². The predicted octanol–water partition coefficient (Wildman–Crippen LogP) is 3.73. The van der Waals surface area contributed by atoms with Gasteiger partial charge in [-0.05, 0) is 33.1 Å². The molecule has 1 rings (SSSR count). The van der Waals surface area contributed by atoms with Crippen LogP contribution in [-0.2, 0) is 14.3 Å². The summed E-state index contributed by atoms with van der Waals surface area (Å²) in [5.74, 6) is 6.46. The fourth-order valence-electron chi connectivity index (χ4n) is 3.12. The molecule has 1 aliphatic carbocycles. The van der Waals surface area contributed by atoms with Crippen molar-refractivity contribution in [2.75, 3.05) is 13.2 Å². The van der Waals surface area contributed by atoms with Gasteiger partial charge >= 0.3 is 0 Å². The lowest BCUT2D eigenvalue weighted by Gasteiger charge is -2.31. The molecule has 3 nitrogen and oxygen atoms in total. The fourth-order valence-corrected chi connectivity index (χ4v) is 3.12. The van der Waals surface area contributed by atoms with Gasteiger partial charge in [-0.2, -0.15) is 0 Å². The van der Waals surface area contributed by atoms with E-state index in [1.807, 2.05) is 27.7 Å². The van der Waals surface area contributed by atoms with Crippen molar-refractivity contribution in [2.45, 2.75) is 59.7 Å². The number of hydrogen-bond donors (Lipinski definition) is 0. The van der Waals surface area contributed by atoms with Gasteiger partial charge in [0.05, 0.1) is 0 Å². The van der Waals surface area contributed by atoms with Crippen molar-refractivity contribution in [2.24, 2.45) is 11.3 Å². The van der Waals surface area contributed by atoms with E-state index >= 15 is 0 Å². The molecule has 1 aliphatic rings. The maximum Gasteiger partial charge on any atom is 0.161 e. The van der Waals surface area contributed by atoms with Crippen molar-refractivity contribution in [3.63, 3.8) is 0 Å². The summed E-state index contributed by atoms with van der Waals surface area (Å²) < 4.78 is 11.2. The maximum absolute atomic E-state index is 12.3. The number of carbonyl (C=O) groups is 1. The molecule has 0 unspecified atom stereocenters. The molecule has 0 N–H and O–H groups in total. The first-order valence-electron chi connectivity index (χ1n) is 7.83. The quantitative estimate of drug-likeness (QED) is 0.388. The minimum absolute atomic E-state index is 0.175. The Kier molecular flexibility index (Phi) is 7.14. The molecular weight excluding hydrogens is 264 g/mol. The monoisotopic (exact) mass is 292 g/mol. The van der Waals surface area contributed by atoms with Gasteiger partial charge in [0.15, 0.2) is 6.29 Å². The van der Waals surface area contributed by atoms with Gasteiger partial charge in [0.25, 0.3) is 0 Å². The third kappa shape index (κ3) is 4.43. The largest absolute Gasteiger partial charge is 0.353 e. The summed E-state index contributed by atoms with van der Waals surface area (Å²) in [7, 11) is 0. The van der Waals surface area contributed by atoms with Gasteiger partial charge in [0, 0.05) is 37.9 Å². The van der Waals surface area contributed by atoms with Crippen molar-refractivity contribution in [1.29, 1.82) is 0 Å². The zero-order valence-corrected chi connectivity index (χ0v) is 13.8. The Hall–Kier alpha value is -1.11. The molecule has 1 saturated carbocycles. The van der Waals surface area contributed by atoms with Crippen molar-refractivity contribution < 1.29 is 14.3 Å². The molecule has 0 amide bonds. The van der Waals surface area contributed by atoms with Crippen molar-refractivity contribution in [1.82, 2.24) is 0 Å². The van der Waals surface area contributed by atoms with E-state index < -0.39 is 5.41 Å². The first kappa shape index (κ1) is 17.9. The maximum atomic E-state index is 12.3. The summed E-state index contributed by atoms with van der Waals surface area (Å²) in [6.07, 6.45) is 2.49. The Labute approximate surface area is 129 Å². The molecule has 3 heteroatoms. The van der Waals surface area contributed by atoms with E-state index in [4.69, 9.17) is 9.47 Å². The van der Waals surface area contributed by atoms with Crippen molar-refractivity contribution in [3.8, 4) is 11.8 Å². The summed E-state index contributed by atoms with van der Waals surface area (Å²) in [5.41, 5.74) is 0.649. The van der Waals surface area contributed by atoms with Crippen LogP contribution in [0.4, 0.5) is 0 Å². The third-order valence-corrected chi connectivity index (χ3v) is 4.33. The van der Waals surface area contributed by atoms with E-state index in [9.17, 15) is 4.79 Å². The van der Waals surface area contributed by atoms with E-state index in [0.29, 0.717) is 38.3 Å². The molecule has 0 bridgehead atoms. The summed E-state index contributed by atoms with van der Waals surface area (Å²) in [6.45, 7) is 13.2. The van der Waals surface area contributed by atoms with Crippen LogP contribution in [-0.4, -0.2) is 25.3 Å². The van der Waals surface area contributed by atoms with Gasteiger partial charge < -0.3 is 9.47 Å². The van der Waals surface area contributed by atoms with Crippen LogP contribution in [0.1, 0.15) is 53.4 Å². The lowest BCUT2D eigenvalue weighted by molar-refractivity contribution is -0.136. The number of Topliss-reactive ketones (excluding diaryl/α,β-unsaturated/α-hetero) is 1. The first-order chi connectivity index (χ1) is 9.99. The van der Waals surface area contributed by atoms with Crippen LogP contribution in [0.25, 0.3) is 0 Å². The summed E-state index contributed by atoms with van der Waals surface area (Å²) in [5, 5.41) is 0. The molecule has 1 fully saturated rings. The normalized spacial score (nSPS) is 25.0. The van der Waals surface area contributed by atoms with Crippen molar-refractivity contribution >= 4 is 5.78 Å². The van der Waals surface area contributed by atoms with Gasteiger partial charge in [0.2, 0.25) is 0 Å². The average molecular weight is 292 g/mol. The molecule has 0 saturated heterocycles. The molecule has 0 aliphatic heterocycles. The topological polar surface area (TPSA) is 35.5 Å². The van der Waals surface area contributed by atoms with Crippen LogP contribution >= 0.6 is 0 Å². The standard InChI is InChI=1S/C18H28O3/c1-6-9-12-18(5)15(10-11-16(18)19)14(4)13-17(20-7-2)21-8-3/h15,17H,4,7-8,10-13H2,1-3,5H3/t15-,18-/m0/s1. The molecule has 0 aromatic rings. The van der Waals surface area contributed by atoms with Crippen LogP contribution in [0, 0.1) is 23.2 Å². The number of ketones is 1. The van der Waals surface area contributed by atoms with Gasteiger partial charge in [-0.25, -0.2) is 0 Å². The zero-order chi connectivity index (χ0) is 15.9. The smallest absolute Gasteiger partial charge is 0.161 e. The lowest BCUT2D eigenvalue weighted by atomic mass is 9.72. The van der Waals surface area contributed by atoms with Gasteiger partial charge in [-0.15, -0.1) is 11.8 Å². The molecule has 2 atom stereocenters. The molecule has 0 spiro atoms. The highest BCUT2D eigenvalue weighted by Crippen LogP contribution is 2.47. The second kappa shape index (κ2) is 8.36. The number of carbonyl (C=O) groups excluding carboxylic acids is 1. The van der Waals surface area contributed by atoms with Crippen LogP contribution < -0.4 is 0 Å². The highest BCUT2D eigenvalue weighted by atomic mass is 16.7. The second-order valence-electron chi connectivity index (χ2n) is 5.74. The van der Waals surface area contributed by atoms with Crippen LogP contribution in [0.2, 0.25) is 0 Å². The molecule has 0 aromatic carbocycles. The first-order valence-corrected chi connectivity index (χ1v) is 7.83. The Morgan fingerprint density at radius 2 is 2.05 bits per heavy atom. The Morgan fingerprint density at radius 3 is 2.57 bits per heavy atom. The molecule has 0 heterocycles. The Bertz CT molecular complexity index is 423. The fraction of sp³-hybridized carbons (Fsp3) is 0.722. The van der Waals surface area contributed by atoms with E-state index in [2.05, 4.69) is 18.4 Å². The molecule has 0 aromatic heterocycles. The van der Waals surface area contributed by atoms with Crippen LogP contribution in [0.3, 0.4) is 0 Å². The van der Waals surface area contributed by atoms with Gasteiger partial charge in [-0.1, -0.05) is 19.1 Å². The zero-order valence-electron chi connectivity index (χ0n) is 13.8. The van der Waals surface area contributed by atoms with Crippen molar-refractivity contribution in [3.05, 3.63) is 12.2 Å². The Balaban J connectivity index is 2.78. The Morgan fingerprint density at radius 1 is 1.43 bits per heavy atom. The number of ether oxygens (including phenoxy) is 2. The van der Waals surface area contributed by atoms with E-state index in [1.54, 1.807) is 0 Å². The minimum Gasteiger partial charge on any atom is -0.353 e. The SMILES string of the molecule is C=C(CC(OCC)OCC)[C@@H]1CCC(=O)[C@@]1(C)CC#CC.